The molecule has 1 aromatic rings. The maximum Gasteiger partial charge on any atom is 0.412 e. The number of para-hydroxylation sites is 1. The number of carbonyl (C=O) groups is 1. The van der Waals surface area contributed by atoms with Crippen molar-refractivity contribution in [3.8, 4) is 0 Å². The van der Waals surface area contributed by atoms with E-state index in [1.807, 2.05) is 43.3 Å². The first-order valence-corrected chi connectivity index (χ1v) is 9.66. The molecule has 0 saturated heterocycles. The van der Waals surface area contributed by atoms with E-state index in [1.165, 1.54) is 0 Å². The van der Waals surface area contributed by atoms with E-state index in [2.05, 4.69) is 30.7 Å². The molecule has 1 aromatic carbocycles. The summed E-state index contributed by atoms with van der Waals surface area (Å²) in [7, 11) is -1.24. The maximum absolute atomic E-state index is 11.6. The van der Waals surface area contributed by atoms with Gasteiger partial charge in [-0.15, -0.1) is 0 Å². The molecular weight excluding hydrogens is 242 g/mol. The number of hydrogen-bond donors (Lipinski definition) is 1. The standard InChI is InChI=1S/C14H21NO2Si/c1-12(10-11-18(2,3)4)17-14(16)15-13-8-6-5-7-9-13/h5-12H,1-4H3,(H,15,16)/b11-10+. The van der Waals surface area contributed by atoms with Crippen LogP contribution in [-0.4, -0.2) is 20.3 Å². The lowest BCUT2D eigenvalue weighted by molar-refractivity contribution is 0.142. The van der Waals surface area contributed by atoms with Crippen molar-refractivity contribution in [2.24, 2.45) is 0 Å². The van der Waals surface area contributed by atoms with Crippen LogP contribution in [0.1, 0.15) is 6.92 Å². The van der Waals surface area contributed by atoms with E-state index in [0.29, 0.717) is 0 Å². The summed E-state index contributed by atoms with van der Waals surface area (Å²) in [5.41, 5.74) is 2.91. The van der Waals surface area contributed by atoms with E-state index in [0.717, 1.165) is 5.69 Å². The molecule has 4 heteroatoms. The number of carbonyl (C=O) groups excluding carboxylic acids is 1. The fraction of sp³-hybridized carbons (Fsp3) is 0.357. The van der Waals surface area contributed by atoms with Crippen LogP contribution < -0.4 is 5.32 Å². The van der Waals surface area contributed by atoms with Crippen LogP contribution in [0.15, 0.2) is 42.1 Å². The molecule has 0 aliphatic carbocycles. The summed E-state index contributed by atoms with van der Waals surface area (Å²) in [6, 6.07) is 9.28. The van der Waals surface area contributed by atoms with Crippen molar-refractivity contribution in [3.63, 3.8) is 0 Å². The van der Waals surface area contributed by atoms with Crippen LogP contribution >= 0.6 is 0 Å². The highest BCUT2D eigenvalue weighted by molar-refractivity contribution is 6.80. The Balaban J connectivity index is 2.43. The molecule has 0 saturated carbocycles. The summed E-state index contributed by atoms with van der Waals surface area (Å²) < 4.78 is 5.24. The molecule has 0 fully saturated rings. The third kappa shape index (κ3) is 6.25. The highest BCUT2D eigenvalue weighted by Crippen LogP contribution is 2.08. The fourth-order valence-corrected chi connectivity index (χ4v) is 2.15. The number of nitrogens with one attached hydrogen (secondary N) is 1. The predicted octanol–water partition coefficient (Wildman–Crippen LogP) is 4.06. The average molecular weight is 263 g/mol. The van der Waals surface area contributed by atoms with Gasteiger partial charge in [0.15, 0.2) is 0 Å². The molecule has 98 valence electrons. The van der Waals surface area contributed by atoms with E-state index in [9.17, 15) is 4.79 Å². The largest absolute Gasteiger partial charge is 0.442 e. The van der Waals surface area contributed by atoms with Crippen molar-refractivity contribution in [2.45, 2.75) is 32.7 Å². The summed E-state index contributed by atoms with van der Waals surface area (Å²) in [5, 5.41) is 2.69. The maximum atomic E-state index is 11.6. The summed E-state index contributed by atoms with van der Waals surface area (Å²) in [5.74, 6) is 0. The lowest BCUT2D eigenvalue weighted by Gasteiger charge is -2.13. The minimum Gasteiger partial charge on any atom is -0.442 e. The van der Waals surface area contributed by atoms with Gasteiger partial charge in [0.25, 0.3) is 0 Å². The molecule has 0 aliphatic heterocycles. The molecule has 1 unspecified atom stereocenters. The Bertz CT molecular complexity index is 410. The molecule has 0 aliphatic rings. The number of rotatable bonds is 4. The van der Waals surface area contributed by atoms with Crippen molar-refractivity contribution in [1.82, 2.24) is 0 Å². The average Bonchev–Trinajstić information content (AvgIpc) is 2.26. The molecule has 0 radical (unpaired) electrons. The molecule has 3 nitrogen and oxygen atoms in total. The Hall–Kier alpha value is -1.55. The molecule has 1 amide bonds. The van der Waals surface area contributed by atoms with Gasteiger partial charge in [0.2, 0.25) is 0 Å². The lowest BCUT2D eigenvalue weighted by Crippen LogP contribution is -2.21. The SMILES string of the molecule is CC(/C=C/[Si](C)(C)C)OC(=O)Nc1ccccc1. The number of benzene rings is 1. The van der Waals surface area contributed by atoms with E-state index >= 15 is 0 Å². The van der Waals surface area contributed by atoms with Gasteiger partial charge >= 0.3 is 6.09 Å². The smallest absolute Gasteiger partial charge is 0.412 e. The molecule has 0 heterocycles. The Morgan fingerprint density at radius 3 is 2.44 bits per heavy atom. The van der Waals surface area contributed by atoms with Crippen LogP contribution in [0.25, 0.3) is 0 Å². The van der Waals surface area contributed by atoms with E-state index in [4.69, 9.17) is 4.74 Å². The van der Waals surface area contributed by atoms with Crippen LogP contribution in [0.3, 0.4) is 0 Å². The van der Waals surface area contributed by atoms with Crippen molar-refractivity contribution in [1.29, 1.82) is 0 Å². The predicted molar refractivity (Wildman–Crippen MR) is 78.5 cm³/mol. The minimum atomic E-state index is -1.24. The van der Waals surface area contributed by atoms with E-state index in [1.54, 1.807) is 0 Å². The van der Waals surface area contributed by atoms with Gasteiger partial charge < -0.3 is 4.74 Å². The Labute approximate surface area is 110 Å². The first-order valence-electron chi connectivity index (χ1n) is 6.09. The molecule has 0 aromatic heterocycles. The van der Waals surface area contributed by atoms with Crippen molar-refractivity contribution >= 4 is 19.9 Å². The van der Waals surface area contributed by atoms with E-state index in [-0.39, 0.29) is 6.10 Å². The van der Waals surface area contributed by atoms with Gasteiger partial charge in [-0.2, -0.15) is 0 Å². The zero-order chi connectivity index (χ0) is 13.6. The second kappa shape index (κ2) is 6.40. The summed E-state index contributed by atoms with van der Waals surface area (Å²) in [6.07, 6.45) is 1.32. The normalized spacial score (nSPS) is 13.3. The Morgan fingerprint density at radius 1 is 1.28 bits per heavy atom. The van der Waals surface area contributed by atoms with Gasteiger partial charge in [-0.1, -0.05) is 49.6 Å². The van der Waals surface area contributed by atoms with Crippen LogP contribution in [-0.2, 0) is 4.74 Å². The number of amides is 1. The van der Waals surface area contributed by atoms with Gasteiger partial charge in [0.05, 0.1) is 8.07 Å². The third-order valence-electron chi connectivity index (χ3n) is 2.18. The van der Waals surface area contributed by atoms with Gasteiger partial charge in [-0.25, -0.2) is 4.79 Å². The molecule has 0 spiro atoms. The van der Waals surface area contributed by atoms with Crippen LogP contribution in [0.2, 0.25) is 19.6 Å². The quantitative estimate of drug-likeness (QED) is 0.832. The van der Waals surface area contributed by atoms with Gasteiger partial charge in [0, 0.05) is 5.69 Å². The molecule has 0 bridgehead atoms. The summed E-state index contributed by atoms with van der Waals surface area (Å²) in [4.78, 5) is 11.6. The molecule has 1 atom stereocenters. The summed E-state index contributed by atoms with van der Waals surface area (Å²) >= 11 is 0. The minimum absolute atomic E-state index is 0.208. The van der Waals surface area contributed by atoms with Crippen LogP contribution in [0.5, 0.6) is 0 Å². The molecule has 1 N–H and O–H groups in total. The summed E-state index contributed by atoms with van der Waals surface area (Å²) in [6.45, 7) is 8.57. The van der Waals surface area contributed by atoms with Crippen LogP contribution in [0.4, 0.5) is 10.5 Å². The van der Waals surface area contributed by atoms with Crippen molar-refractivity contribution in [3.05, 3.63) is 42.1 Å². The van der Waals surface area contributed by atoms with Gasteiger partial charge in [-0.05, 0) is 19.1 Å². The molecular formula is C14H21NO2Si. The second-order valence-electron chi connectivity index (χ2n) is 5.33. The number of ether oxygens (including phenoxy) is 1. The Morgan fingerprint density at radius 2 is 1.89 bits per heavy atom. The Kier molecular flexibility index (Phi) is 5.16. The van der Waals surface area contributed by atoms with Crippen molar-refractivity contribution in [2.75, 3.05) is 5.32 Å². The zero-order valence-electron chi connectivity index (χ0n) is 11.4. The number of hydrogen-bond acceptors (Lipinski definition) is 2. The fourth-order valence-electron chi connectivity index (χ4n) is 1.30. The second-order valence-corrected chi connectivity index (χ2v) is 10.4. The van der Waals surface area contributed by atoms with Gasteiger partial charge in [0.1, 0.15) is 6.10 Å². The third-order valence-corrected chi connectivity index (χ3v) is 3.37. The topological polar surface area (TPSA) is 38.3 Å². The van der Waals surface area contributed by atoms with E-state index < -0.39 is 14.2 Å². The monoisotopic (exact) mass is 263 g/mol. The highest BCUT2D eigenvalue weighted by Gasteiger charge is 2.10. The molecule has 1 rings (SSSR count). The highest BCUT2D eigenvalue weighted by atomic mass is 28.3. The van der Waals surface area contributed by atoms with Crippen LogP contribution in [0, 0.1) is 0 Å². The first-order chi connectivity index (χ1) is 8.37. The van der Waals surface area contributed by atoms with Crippen molar-refractivity contribution < 1.29 is 9.53 Å². The molecule has 18 heavy (non-hydrogen) atoms. The zero-order valence-corrected chi connectivity index (χ0v) is 12.4. The number of anilines is 1. The first kappa shape index (κ1) is 14.5. The van der Waals surface area contributed by atoms with Gasteiger partial charge in [-0.3, -0.25) is 5.32 Å². The lowest BCUT2D eigenvalue weighted by atomic mass is 10.3.